The molecule has 2 aromatic carbocycles. The van der Waals surface area contributed by atoms with E-state index in [0.29, 0.717) is 10.9 Å². The van der Waals surface area contributed by atoms with E-state index >= 15 is 0 Å². The second-order valence-corrected chi connectivity index (χ2v) is 7.93. The summed E-state index contributed by atoms with van der Waals surface area (Å²) in [5.74, 6) is 0.322. The summed E-state index contributed by atoms with van der Waals surface area (Å²) < 4.78 is 5.17. The summed E-state index contributed by atoms with van der Waals surface area (Å²) in [6.45, 7) is 3.37. The number of carbonyl (C=O) groups excluding carboxylic acids is 2. The van der Waals surface area contributed by atoms with Crippen molar-refractivity contribution in [1.29, 1.82) is 0 Å². The Morgan fingerprint density at radius 1 is 1.10 bits per heavy atom. The molecule has 160 valence electrons. The number of nitrogens with one attached hydrogen (secondary N) is 2. The first kappa shape index (κ1) is 22.3. The van der Waals surface area contributed by atoms with Crippen LogP contribution in [0.4, 0.5) is 5.69 Å². The molecule has 0 saturated heterocycles. The molecule has 0 spiro atoms. The Morgan fingerprint density at radius 3 is 2.42 bits per heavy atom. The van der Waals surface area contributed by atoms with Crippen molar-refractivity contribution in [2.24, 2.45) is 0 Å². The van der Waals surface area contributed by atoms with E-state index in [2.05, 4.69) is 20.6 Å². The highest BCUT2D eigenvalue weighted by Crippen LogP contribution is 2.28. The molecule has 0 fully saturated rings. The lowest BCUT2D eigenvalue weighted by molar-refractivity contribution is -0.120. The average Bonchev–Trinajstić information content (AvgIpc) is 2.76. The molecule has 1 unspecified atom stereocenters. The number of nitrogens with zero attached hydrogens (tertiary/aromatic N) is 2. The Labute approximate surface area is 185 Å². The topological polar surface area (TPSA) is 93.2 Å². The Balaban J connectivity index is 1.67. The summed E-state index contributed by atoms with van der Waals surface area (Å²) in [5.41, 5.74) is 2.48. The van der Waals surface area contributed by atoms with Gasteiger partial charge in [-0.25, -0.2) is 9.97 Å². The summed E-state index contributed by atoms with van der Waals surface area (Å²) in [6.07, 6.45) is 3.51. The predicted molar refractivity (Wildman–Crippen MR) is 120 cm³/mol. The Bertz CT molecular complexity index is 1040. The molecule has 7 nitrogen and oxygen atoms in total. The molecule has 0 aliphatic rings. The van der Waals surface area contributed by atoms with E-state index in [4.69, 9.17) is 4.74 Å². The number of methoxy groups -OCH3 is 1. The minimum Gasteiger partial charge on any atom is -0.497 e. The van der Waals surface area contributed by atoms with E-state index in [9.17, 15) is 9.59 Å². The summed E-state index contributed by atoms with van der Waals surface area (Å²) in [4.78, 5) is 33.8. The molecular weight excluding hydrogens is 412 g/mol. The van der Waals surface area contributed by atoms with Crippen molar-refractivity contribution in [1.82, 2.24) is 15.3 Å². The molecule has 0 bridgehead atoms. The first-order chi connectivity index (χ1) is 14.9. The van der Waals surface area contributed by atoms with Crippen molar-refractivity contribution in [3.05, 3.63) is 72.1 Å². The maximum Gasteiger partial charge on any atom is 0.226 e. The normalized spacial score (nSPS) is 11.5. The lowest BCUT2D eigenvalue weighted by Crippen LogP contribution is -2.29. The highest BCUT2D eigenvalue weighted by molar-refractivity contribution is 7.99. The number of aryl methyl sites for hydroxylation is 1. The van der Waals surface area contributed by atoms with Crippen LogP contribution >= 0.6 is 11.8 Å². The van der Waals surface area contributed by atoms with Crippen LogP contribution in [0.3, 0.4) is 0 Å². The second kappa shape index (κ2) is 10.6. The molecule has 1 atom stereocenters. The van der Waals surface area contributed by atoms with Gasteiger partial charge in [0.1, 0.15) is 5.75 Å². The van der Waals surface area contributed by atoms with E-state index in [0.717, 1.165) is 21.7 Å². The number of ether oxygens (including phenoxy) is 1. The monoisotopic (exact) mass is 436 g/mol. The number of hydrogen-bond acceptors (Lipinski definition) is 6. The Hall–Kier alpha value is -3.39. The van der Waals surface area contributed by atoms with Crippen molar-refractivity contribution >= 4 is 29.3 Å². The summed E-state index contributed by atoms with van der Waals surface area (Å²) >= 11 is 1.45. The van der Waals surface area contributed by atoms with Crippen LogP contribution in [0, 0.1) is 6.92 Å². The van der Waals surface area contributed by atoms with Gasteiger partial charge in [0, 0.05) is 29.9 Å². The van der Waals surface area contributed by atoms with Gasteiger partial charge in [-0.15, -0.1) is 0 Å². The fourth-order valence-electron chi connectivity index (χ4n) is 3.00. The third kappa shape index (κ3) is 6.55. The predicted octanol–water partition coefficient (Wildman–Crippen LogP) is 4.15. The molecule has 31 heavy (non-hydrogen) atoms. The van der Waals surface area contributed by atoms with E-state index in [-0.39, 0.29) is 18.2 Å². The summed E-state index contributed by atoms with van der Waals surface area (Å²) in [7, 11) is 1.59. The largest absolute Gasteiger partial charge is 0.497 e. The Kier molecular flexibility index (Phi) is 7.61. The number of rotatable bonds is 8. The standard InChI is InChI=1S/C23H24N4O3S/c1-15-13-19(31-23-24-11-4-12-25-23)9-10-20(15)27-22(29)14-21(26-16(2)28)17-5-7-18(30-3)8-6-17/h4-13,21H,14H2,1-3H3,(H,26,28)(H,27,29). The molecule has 2 amide bonds. The van der Waals surface area contributed by atoms with Crippen LogP contribution < -0.4 is 15.4 Å². The van der Waals surface area contributed by atoms with Crippen LogP contribution in [0.2, 0.25) is 0 Å². The van der Waals surface area contributed by atoms with Gasteiger partial charge in [0.2, 0.25) is 11.8 Å². The van der Waals surface area contributed by atoms with Gasteiger partial charge in [-0.3, -0.25) is 9.59 Å². The molecule has 1 heterocycles. The highest BCUT2D eigenvalue weighted by atomic mass is 32.2. The third-order valence-electron chi connectivity index (χ3n) is 4.51. The number of benzene rings is 2. The minimum absolute atomic E-state index is 0.111. The fourth-order valence-corrected chi connectivity index (χ4v) is 3.81. The second-order valence-electron chi connectivity index (χ2n) is 6.89. The third-order valence-corrected chi connectivity index (χ3v) is 5.39. The number of anilines is 1. The molecule has 3 rings (SSSR count). The molecule has 0 aliphatic carbocycles. The van der Waals surface area contributed by atoms with E-state index in [1.165, 1.54) is 18.7 Å². The first-order valence-electron chi connectivity index (χ1n) is 9.71. The van der Waals surface area contributed by atoms with Crippen LogP contribution in [-0.2, 0) is 9.59 Å². The van der Waals surface area contributed by atoms with Gasteiger partial charge < -0.3 is 15.4 Å². The van der Waals surface area contributed by atoms with Crippen molar-refractivity contribution in [3.8, 4) is 5.75 Å². The van der Waals surface area contributed by atoms with E-state index < -0.39 is 6.04 Å². The first-order valence-corrected chi connectivity index (χ1v) is 10.5. The van der Waals surface area contributed by atoms with Gasteiger partial charge in [-0.1, -0.05) is 12.1 Å². The lowest BCUT2D eigenvalue weighted by atomic mass is 10.0. The lowest BCUT2D eigenvalue weighted by Gasteiger charge is -2.19. The van der Waals surface area contributed by atoms with E-state index in [1.54, 1.807) is 37.7 Å². The molecule has 0 saturated carbocycles. The van der Waals surface area contributed by atoms with Crippen molar-refractivity contribution in [2.75, 3.05) is 12.4 Å². The van der Waals surface area contributed by atoms with Gasteiger partial charge in [0.05, 0.1) is 19.6 Å². The number of aromatic nitrogens is 2. The van der Waals surface area contributed by atoms with E-state index in [1.807, 2.05) is 37.3 Å². The maximum absolute atomic E-state index is 12.7. The van der Waals surface area contributed by atoms with Crippen molar-refractivity contribution < 1.29 is 14.3 Å². The number of carbonyl (C=O) groups is 2. The SMILES string of the molecule is COc1ccc(C(CC(=O)Nc2ccc(Sc3ncccn3)cc2C)NC(C)=O)cc1. The molecule has 8 heteroatoms. The zero-order valence-electron chi connectivity index (χ0n) is 17.6. The number of amides is 2. The van der Waals surface area contributed by atoms with Crippen LogP contribution in [0.25, 0.3) is 0 Å². The average molecular weight is 437 g/mol. The van der Waals surface area contributed by atoms with Gasteiger partial charge in [-0.05, 0) is 66.2 Å². The quantitative estimate of drug-likeness (QED) is 0.515. The molecule has 2 N–H and O–H groups in total. The van der Waals surface area contributed by atoms with Crippen molar-refractivity contribution in [3.63, 3.8) is 0 Å². The smallest absolute Gasteiger partial charge is 0.226 e. The van der Waals surface area contributed by atoms with Crippen LogP contribution in [-0.4, -0.2) is 28.9 Å². The molecule has 0 radical (unpaired) electrons. The van der Waals surface area contributed by atoms with Gasteiger partial charge in [-0.2, -0.15) is 0 Å². The number of hydrogen-bond donors (Lipinski definition) is 2. The molecule has 1 aromatic heterocycles. The zero-order chi connectivity index (χ0) is 22.2. The fraction of sp³-hybridized carbons (Fsp3) is 0.217. The highest BCUT2D eigenvalue weighted by Gasteiger charge is 2.18. The molecule has 0 aliphatic heterocycles. The van der Waals surface area contributed by atoms with Crippen LogP contribution in [0.1, 0.15) is 30.5 Å². The maximum atomic E-state index is 12.7. The summed E-state index contributed by atoms with van der Waals surface area (Å²) in [5, 5.41) is 6.45. The summed E-state index contributed by atoms with van der Waals surface area (Å²) in [6, 6.07) is 14.4. The Morgan fingerprint density at radius 2 is 1.81 bits per heavy atom. The van der Waals surface area contributed by atoms with Gasteiger partial charge in [0.25, 0.3) is 0 Å². The van der Waals surface area contributed by atoms with Gasteiger partial charge >= 0.3 is 0 Å². The minimum atomic E-state index is -0.436. The van der Waals surface area contributed by atoms with Gasteiger partial charge in [0.15, 0.2) is 5.16 Å². The zero-order valence-corrected chi connectivity index (χ0v) is 18.4. The van der Waals surface area contributed by atoms with Crippen LogP contribution in [0.15, 0.2) is 71.0 Å². The molecular formula is C23H24N4O3S. The molecule has 3 aromatic rings. The van der Waals surface area contributed by atoms with Crippen LogP contribution in [0.5, 0.6) is 5.75 Å². The van der Waals surface area contributed by atoms with Crippen molar-refractivity contribution in [2.45, 2.75) is 36.4 Å².